The van der Waals surface area contributed by atoms with Crippen LogP contribution in [0.1, 0.15) is 29.9 Å². The van der Waals surface area contributed by atoms with E-state index >= 15 is 0 Å². The number of pyridine rings is 1. The average Bonchev–Trinajstić information content (AvgIpc) is 3.46. The normalized spacial score (nSPS) is 18.9. The molecular weight excluding hydrogens is 308 g/mol. The van der Waals surface area contributed by atoms with Crippen LogP contribution in [0, 0.1) is 5.92 Å². The zero-order valence-electron chi connectivity index (χ0n) is 14.2. The van der Waals surface area contributed by atoms with E-state index in [1.165, 1.54) is 21.9 Å². The molecule has 3 heteroatoms. The van der Waals surface area contributed by atoms with E-state index < -0.39 is 0 Å². The molecule has 3 nitrogen and oxygen atoms in total. The van der Waals surface area contributed by atoms with Crippen LogP contribution in [-0.2, 0) is 11.2 Å². The quantitative estimate of drug-likeness (QED) is 0.692. The molecule has 0 bridgehead atoms. The van der Waals surface area contributed by atoms with Crippen molar-refractivity contribution in [1.29, 1.82) is 0 Å². The summed E-state index contributed by atoms with van der Waals surface area (Å²) in [6.45, 7) is 0.729. The minimum atomic E-state index is 0.129. The van der Waals surface area contributed by atoms with Crippen LogP contribution in [0.4, 0.5) is 0 Å². The fourth-order valence-corrected chi connectivity index (χ4v) is 3.58. The van der Waals surface area contributed by atoms with Crippen molar-refractivity contribution in [3.63, 3.8) is 0 Å². The molecule has 0 radical (unpaired) electrons. The molecule has 0 aliphatic heterocycles. The number of rotatable bonds is 6. The highest BCUT2D eigenvalue weighted by Crippen LogP contribution is 2.49. The van der Waals surface area contributed by atoms with Gasteiger partial charge in [-0.3, -0.25) is 9.78 Å². The van der Waals surface area contributed by atoms with E-state index in [4.69, 9.17) is 0 Å². The Labute approximate surface area is 148 Å². The number of aryl methyl sites for hydroxylation is 1. The lowest BCUT2D eigenvalue weighted by Crippen LogP contribution is -2.26. The topological polar surface area (TPSA) is 42.0 Å². The Kier molecular flexibility index (Phi) is 4.47. The van der Waals surface area contributed by atoms with Crippen LogP contribution in [0.15, 0.2) is 67.0 Å². The summed E-state index contributed by atoms with van der Waals surface area (Å²) in [5, 5.41) is 5.64. The van der Waals surface area contributed by atoms with Gasteiger partial charge in [-0.15, -0.1) is 0 Å². The van der Waals surface area contributed by atoms with Crippen LogP contribution in [0.3, 0.4) is 0 Å². The second-order valence-corrected chi connectivity index (χ2v) is 6.77. The van der Waals surface area contributed by atoms with Crippen molar-refractivity contribution in [3.05, 3.63) is 78.1 Å². The second-order valence-electron chi connectivity index (χ2n) is 6.77. The summed E-state index contributed by atoms with van der Waals surface area (Å²) in [7, 11) is 0. The molecule has 2 atom stereocenters. The third kappa shape index (κ3) is 3.55. The first-order chi connectivity index (χ1) is 12.3. The summed E-state index contributed by atoms with van der Waals surface area (Å²) in [5.41, 5.74) is 2.53. The Morgan fingerprint density at radius 2 is 1.96 bits per heavy atom. The van der Waals surface area contributed by atoms with Gasteiger partial charge in [0.05, 0.1) is 0 Å². The van der Waals surface area contributed by atoms with E-state index in [1.807, 2.05) is 12.3 Å². The van der Waals surface area contributed by atoms with Gasteiger partial charge in [0.15, 0.2) is 0 Å². The van der Waals surface area contributed by atoms with Crippen LogP contribution in [-0.4, -0.2) is 17.4 Å². The number of nitrogens with one attached hydrogen (secondary N) is 1. The van der Waals surface area contributed by atoms with E-state index in [-0.39, 0.29) is 11.8 Å². The highest BCUT2D eigenvalue weighted by molar-refractivity contribution is 5.89. The predicted octanol–water partition coefficient (Wildman–Crippen LogP) is 4.09. The first kappa shape index (κ1) is 15.8. The third-order valence-corrected chi connectivity index (χ3v) is 5.01. The van der Waals surface area contributed by atoms with Gasteiger partial charge in [0.1, 0.15) is 0 Å². The van der Waals surface area contributed by atoms with E-state index in [0.717, 1.165) is 25.8 Å². The maximum Gasteiger partial charge on any atom is 0.223 e. The number of carbonyl (C=O) groups is 1. The minimum absolute atomic E-state index is 0.129. The minimum Gasteiger partial charge on any atom is -0.356 e. The van der Waals surface area contributed by atoms with E-state index in [9.17, 15) is 4.79 Å². The number of hydrogen-bond acceptors (Lipinski definition) is 2. The molecule has 1 aliphatic rings. The van der Waals surface area contributed by atoms with Crippen molar-refractivity contribution >= 4 is 16.7 Å². The molecule has 1 amide bonds. The summed E-state index contributed by atoms with van der Waals surface area (Å²) < 4.78 is 0. The smallest absolute Gasteiger partial charge is 0.223 e. The van der Waals surface area contributed by atoms with Gasteiger partial charge in [0.25, 0.3) is 0 Å². The average molecular weight is 330 g/mol. The molecule has 2 aromatic carbocycles. The van der Waals surface area contributed by atoms with Crippen LogP contribution in [0.25, 0.3) is 10.8 Å². The van der Waals surface area contributed by atoms with Gasteiger partial charge >= 0.3 is 0 Å². The fourth-order valence-electron chi connectivity index (χ4n) is 3.58. The zero-order chi connectivity index (χ0) is 17.1. The molecule has 0 saturated heterocycles. The standard InChI is InChI=1S/C22H22N2O/c25-22(24-13-5-7-16-6-4-12-23-15-16)21-14-20(21)19-11-3-9-17-8-1-2-10-18(17)19/h1-4,6,8-12,15,20-21H,5,7,13-14H2,(H,24,25)/t20-,21+/m0/s1. The van der Waals surface area contributed by atoms with Gasteiger partial charge in [-0.05, 0) is 53.1 Å². The summed E-state index contributed by atoms with van der Waals surface area (Å²) in [6.07, 6.45) is 6.53. The molecule has 1 fully saturated rings. The van der Waals surface area contributed by atoms with Gasteiger partial charge in [0, 0.05) is 24.9 Å². The molecule has 0 spiro atoms. The monoisotopic (exact) mass is 330 g/mol. The molecule has 126 valence electrons. The molecule has 1 aromatic heterocycles. The van der Waals surface area contributed by atoms with Crippen molar-refractivity contribution < 1.29 is 4.79 Å². The van der Waals surface area contributed by atoms with E-state index in [0.29, 0.717) is 5.92 Å². The van der Waals surface area contributed by atoms with Crippen LogP contribution >= 0.6 is 0 Å². The molecular formula is C22H22N2O. The van der Waals surface area contributed by atoms with Crippen LogP contribution in [0.2, 0.25) is 0 Å². The van der Waals surface area contributed by atoms with Crippen LogP contribution < -0.4 is 5.32 Å². The molecule has 3 aromatic rings. The summed E-state index contributed by atoms with van der Waals surface area (Å²) in [6, 6.07) is 18.9. The van der Waals surface area contributed by atoms with Gasteiger partial charge in [0.2, 0.25) is 5.91 Å². The van der Waals surface area contributed by atoms with Crippen molar-refractivity contribution in [2.45, 2.75) is 25.2 Å². The first-order valence-electron chi connectivity index (χ1n) is 8.97. The van der Waals surface area contributed by atoms with E-state index in [2.05, 4.69) is 58.8 Å². The van der Waals surface area contributed by atoms with Gasteiger partial charge < -0.3 is 5.32 Å². The first-order valence-corrected chi connectivity index (χ1v) is 8.97. The number of hydrogen-bond donors (Lipinski definition) is 1. The van der Waals surface area contributed by atoms with Gasteiger partial charge in [-0.1, -0.05) is 48.5 Å². The van der Waals surface area contributed by atoms with Crippen molar-refractivity contribution in [2.24, 2.45) is 5.92 Å². The zero-order valence-corrected chi connectivity index (χ0v) is 14.2. The Morgan fingerprint density at radius 1 is 1.08 bits per heavy atom. The summed E-state index contributed by atoms with van der Waals surface area (Å²) in [5.74, 6) is 0.692. The maximum absolute atomic E-state index is 12.4. The number of fused-ring (bicyclic) bond motifs is 1. The number of benzene rings is 2. The lowest BCUT2D eigenvalue weighted by atomic mass is 10.00. The highest BCUT2D eigenvalue weighted by atomic mass is 16.2. The summed E-state index contributed by atoms with van der Waals surface area (Å²) >= 11 is 0. The Bertz CT molecular complexity index is 870. The van der Waals surface area contributed by atoms with Gasteiger partial charge in [-0.2, -0.15) is 0 Å². The van der Waals surface area contributed by atoms with Crippen molar-refractivity contribution in [1.82, 2.24) is 10.3 Å². The Morgan fingerprint density at radius 3 is 2.84 bits per heavy atom. The maximum atomic E-state index is 12.4. The number of carbonyl (C=O) groups excluding carboxylic acids is 1. The lowest BCUT2D eigenvalue weighted by Gasteiger charge is -2.07. The van der Waals surface area contributed by atoms with Crippen molar-refractivity contribution in [2.75, 3.05) is 6.54 Å². The number of amides is 1. The largest absolute Gasteiger partial charge is 0.356 e. The molecule has 1 N–H and O–H groups in total. The summed E-state index contributed by atoms with van der Waals surface area (Å²) in [4.78, 5) is 16.5. The molecule has 1 heterocycles. The van der Waals surface area contributed by atoms with E-state index in [1.54, 1.807) is 6.20 Å². The van der Waals surface area contributed by atoms with Gasteiger partial charge in [-0.25, -0.2) is 0 Å². The SMILES string of the molecule is O=C(NCCCc1cccnc1)[C@@H]1C[C@H]1c1cccc2ccccc12. The highest BCUT2D eigenvalue weighted by Gasteiger charge is 2.44. The van der Waals surface area contributed by atoms with Crippen LogP contribution in [0.5, 0.6) is 0 Å². The molecule has 4 rings (SSSR count). The molecule has 0 unspecified atom stereocenters. The number of aromatic nitrogens is 1. The Balaban J connectivity index is 1.31. The molecule has 1 saturated carbocycles. The third-order valence-electron chi connectivity index (χ3n) is 5.01. The second kappa shape index (κ2) is 7.06. The number of nitrogens with zero attached hydrogens (tertiary/aromatic N) is 1. The fraction of sp³-hybridized carbons (Fsp3) is 0.273. The lowest BCUT2D eigenvalue weighted by molar-refractivity contribution is -0.122. The molecule has 1 aliphatic carbocycles. The predicted molar refractivity (Wildman–Crippen MR) is 100 cm³/mol. The van der Waals surface area contributed by atoms with Crippen molar-refractivity contribution in [3.8, 4) is 0 Å². The molecule has 25 heavy (non-hydrogen) atoms. The Hall–Kier alpha value is -2.68.